The quantitative estimate of drug-likeness (QED) is 0.539. The number of rotatable bonds is 9. The first kappa shape index (κ1) is 22.2. The lowest BCUT2D eigenvalue weighted by atomic mass is 9.97. The third-order valence-corrected chi connectivity index (χ3v) is 5.43. The Morgan fingerprint density at radius 3 is 2.72 bits per heavy atom. The highest BCUT2D eigenvalue weighted by molar-refractivity contribution is 5.53. The summed E-state index contributed by atoms with van der Waals surface area (Å²) < 4.78 is 30.1. The number of nitrogens with zero attached hydrogens (tertiary/aromatic N) is 3. The molecule has 8 heteroatoms. The minimum atomic E-state index is -0.620. The van der Waals surface area contributed by atoms with Gasteiger partial charge in [0.25, 0.3) is 0 Å². The number of aliphatic hydroxyl groups is 1. The van der Waals surface area contributed by atoms with Gasteiger partial charge in [-0.2, -0.15) is 4.98 Å². The van der Waals surface area contributed by atoms with E-state index in [4.69, 9.17) is 14.0 Å². The van der Waals surface area contributed by atoms with Crippen LogP contribution in [0.25, 0.3) is 11.4 Å². The van der Waals surface area contributed by atoms with E-state index in [-0.39, 0.29) is 18.3 Å². The zero-order valence-corrected chi connectivity index (χ0v) is 18.1. The molecule has 0 amide bonds. The molecule has 0 aliphatic carbocycles. The van der Waals surface area contributed by atoms with E-state index < -0.39 is 6.10 Å². The van der Waals surface area contributed by atoms with Crippen LogP contribution < -0.4 is 9.47 Å². The maximum absolute atomic E-state index is 13.5. The predicted molar refractivity (Wildman–Crippen MR) is 117 cm³/mol. The number of piperidine rings is 1. The minimum absolute atomic E-state index is 0.0813. The predicted octanol–water partition coefficient (Wildman–Crippen LogP) is 3.89. The molecule has 1 aliphatic rings. The number of benzene rings is 2. The summed E-state index contributed by atoms with van der Waals surface area (Å²) >= 11 is 0. The van der Waals surface area contributed by atoms with Crippen LogP contribution in [0.3, 0.4) is 0 Å². The number of aromatic nitrogens is 2. The van der Waals surface area contributed by atoms with E-state index >= 15 is 0 Å². The highest BCUT2D eigenvalue weighted by atomic mass is 19.1. The number of ether oxygens (including phenoxy) is 2. The van der Waals surface area contributed by atoms with Crippen LogP contribution in [0.5, 0.6) is 11.5 Å². The van der Waals surface area contributed by atoms with E-state index in [2.05, 4.69) is 15.0 Å². The van der Waals surface area contributed by atoms with Crippen LogP contribution in [-0.2, 0) is 0 Å². The van der Waals surface area contributed by atoms with E-state index in [0.29, 0.717) is 42.7 Å². The molecule has 0 bridgehead atoms. The smallest absolute Gasteiger partial charge is 0.231 e. The summed E-state index contributed by atoms with van der Waals surface area (Å²) in [6.07, 6.45) is 1.28. The van der Waals surface area contributed by atoms with Gasteiger partial charge in [-0.15, -0.1) is 0 Å². The van der Waals surface area contributed by atoms with Crippen molar-refractivity contribution >= 4 is 0 Å². The molecular weight excluding hydrogens is 413 g/mol. The first-order valence-corrected chi connectivity index (χ1v) is 11.0. The number of likely N-dealkylation sites (tertiary alicyclic amines) is 1. The fourth-order valence-electron chi connectivity index (χ4n) is 3.91. The van der Waals surface area contributed by atoms with Crippen molar-refractivity contribution in [3.05, 3.63) is 60.2 Å². The second-order valence-electron chi connectivity index (χ2n) is 7.93. The summed E-state index contributed by atoms with van der Waals surface area (Å²) in [5.41, 5.74) is 0.592. The second kappa shape index (κ2) is 10.6. The van der Waals surface area contributed by atoms with Crippen molar-refractivity contribution in [2.45, 2.75) is 31.8 Å². The van der Waals surface area contributed by atoms with Gasteiger partial charge in [-0.25, -0.2) is 4.39 Å². The zero-order chi connectivity index (χ0) is 22.3. The average molecular weight is 442 g/mol. The standard InChI is InChI=1S/C24H28FN3O4/c1-2-30-21-8-10-22(11-9-21)31-16-20(29)15-28-12-4-6-18(14-28)24-26-23(27-32-24)17-5-3-7-19(25)13-17/h3,5,7-11,13,18,20,29H,2,4,6,12,14-16H2,1H3. The fraction of sp³-hybridized carbons (Fsp3) is 0.417. The molecule has 2 atom stereocenters. The molecule has 2 heterocycles. The third kappa shape index (κ3) is 5.83. The number of β-amino-alcohol motifs (C(OH)–C–C–N with tert-alkyl or cyclic N) is 1. The largest absolute Gasteiger partial charge is 0.494 e. The Kier molecular flexibility index (Phi) is 7.34. The molecule has 32 heavy (non-hydrogen) atoms. The second-order valence-corrected chi connectivity index (χ2v) is 7.93. The number of hydrogen-bond donors (Lipinski definition) is 1. The average Bonchev–Trinajstić information content (AvgIpc) is 3.30. The van der Waals surface area contributed by atoms with Crippen molar-refractivity contribution in [1.29, 1.82) is 0 Å². The van der Waals surface area contributed by atoms with Gasteiger partial charge in [-0.1, -0.05) is 17.3 Å². The van der Waals surface area contributed by atoms with Gasteiger partial charge in [0.15, 0.2) is 0 Å². The number of hydrogen-bond acceptors (Lipinski definition) is 7. The Bertz CT molecular complexity index is 995. The molecule has 4 rings (SSSR count). The summed E-state index contributed by atoms with van der Waals surface area (Å²) in [6, 6.07) is 13.5. The van der Waals surface area contributed by atoms with Crippen LogP contribution in [0.15, 0.2) is 53.1 Å². The molecular formula is C24H28FN3O4. The molecule has 1 aliphatic heterocycles. The molecule has 1 N–H and O–H groups in total. The van der Waals surface area contributed by atoms with Gasteiger partial charge >= 0.3 is 0 Å². The van der Waals surface area contributed by atoms with Gasteiger partial charge in [0.1, 0.15) is 30.0 Å². The van der Waals surface area contributed by atoms with Crippen LogP contribution in [0, 0.1) is 5.82 Å². The Labute approximate surface area is 186 Å². The maximum Gasteiger partial charge on any atom is 0.231 e. The molecule has 2 unspecified atom stereocenters. The molecule has 1 fully saturated rings. The van der Waals surface area contributed by atoms with Crippen molar-refractivity contribution in [3.63, 3.8) is 0 Å². The molecule has 0 spiro atoms. The van der Waals surface area contributed by atoms with Crippen LogP contribution in [0.1, 0.15) is 31.6 Å². The van der Waals surface area contributed by atoms with Crippen LogP contribution >= 0.6 is 0 Å². The highest BCUT2D eigenvalue weighted by Crippen LogP contribution is 2.28. The Hall–Kier alpha value is -2.97. The zero-order valence-electron chi connectivity index (χ0n) is 18.1. The van der Waals surface area contributed by atoms with Crippen molar-refractivity contribution < 1.29 is 23.5 Å². The monoisotopic (exact) mass is 441 g/mol. The molecule has 7 nitrogen and oxygen atoms in total. The van der Waals surface area contributed by atoms with Gasteiger partial charge in [0.05, 0.1) is 12.5 Å². The summed E-state index contributed by atoms with van der Waals surface area (Å²) in [6.45, 7) is 4.86. The molecule has 170 valence electrons. The first-order chi connectivity index (χ1) is 15.6. The molecule has 0 saturated carbocycles. The van der Waals surface area contributed by atoms with E-state index in [1.54, 1.807) is 12.1 Å². The first-order valence-electron chi connectivity index (χ1n) is 11.0. The van der Waals surface area contributed by atoms with Crippen LogP contribution in [0.4, 0.5) is 4.39 Å². The van der Waals surface area contributed by atoms with Crippen LogP contribution in [-0.4, -0.2) is 59.1 Å². The normalized spacial score (nSPS) is 17.8. The van der Waals surface area contributed by atoms with E-state index in [1.807, 2.05) is 31.2 Å². The van der Waals surface area contributed by atoms with Gasteiger partial charge in [0.2, 0.25) is 11.7 Å². The maximum atomic E-state index is 13.5. The van der Waals surface area contributed by atoms with E-state index in [1.165, 1.54) is 12.1 Å². The van der Waals surface area contributed by atoms with Crippen molar-refractivity contribution in [2.75, 3.05) is 32.8 Å². The summed E-state index contributed by atoms with van der Waals surface area (Å²) in [5, 5.41) is 14.5. The Morgan fingerprint density at radius 2 is 1.97 bits per heavy atom. The summed E-state index contributed by atoms with van der Waals surface area (Å²) in [5.74, 6) is 2.17. The van der Waals surface area contributed by atoms with E-state index in [0.717, 1.165) is 25.1 Å². The van der Waals surface area contributed by atoms with Gasteiger partial charge in [-0.3, -0.25) is 4.90 Å². The topological polar surface area (TPSA) is 80.9 Å². The minimum Gasteiger partial charge on any atom is -0.494 e. The van der Waals surface area contributed by atoms with Crippen LogP contribution in [0.2, 0.25) is 0 Å². The lowest BCUT2D eigenvalue weighted by Gasteiger charge is -2.32. The summed E-state index contributed by atoms with van der Waals surface area (Å²) in [4.78, 5) is 6.67. The third-order valence-electron chi connectivity index (χ3n) is 5.43. The van der Waals surface area contributed by atoms with Gasteiger partial charge in [0, 0.05) is 18.7 Å². The Balaban J connectivity index is 1.28. The lowest BCUT2D eigenvalue weighted by Crippen LogP contribution is -2.41. The SMILES string of the molecule is CCOc1ccc(OCC(O)CN2CCCC(c3nc(-c4cccc(F)c4)no3)C2)cc1. The van der Waals surface area contributed by atoms with Gasteiger partial charge < -0.3 is 19.1 Å². The summed E-state index contributed by atoms with van der Waals surface area (Å²) in [7, 11) is 0. The number of aliphatic hydroxyl groups excluding tert-OH is 1. The molecule has 1 aromatic heterocycles. The van der Waals surface area contributed by atoms with Crippen molar-refractivity contribution in [2.24, 2.45) is 0 Å². The Morgan fingerprint density at radius 1 is 1.19 bits per heavy atom. The number of halogens is 1. The molecule has 3 aromatic rings. The molecule has 0 radical (unpaired) electrons. The molecule has 2 aromatic carbocycles. The lowest BCUT2D eigenvalue weighted by molar-refractivity contribution is 0.0561. The van der Waals surface area contributed by atoms with Gasteiger partial charge in [-0.05, 0) is 62.7 Å². The van der Waals surface area contributed by atoms with E-state index in [9.17, 15) is 9.50 Å². The van der Waals surface area contributed by atoms with Crippen molar-refractivity contribution in [3.8, 4) is 22.9 Å². The fourth-order valence-corrected chi connectivity index (χ4v) is 3.91. The highest BCUT2D eigenvalue weighted by Gasteiger charge is 2.27. The molecule has 1 saturated heterocycles. The van der Waals surface area contributed by atoms with Crippen molar-refractivity contribution in [1.82, 2.24) is 15.0 Å².